The molecule has 122 valence electrons. The highest BCUT2D eigenvalue weighted by atomic mass is 32.1. The summed E-state index contributed by atoms with van der Waals surface area (Å²) in [5.41, 5.74) is 0. The van der Waals surface area contributed by atoms with Gasteiger partial charge in [-0.2, -0.15) is 0 Å². The molecule has 1 atom stereocenters. The fourth-order valence-electron chi connectivity index (χ4n) is 2.72. The summed E-state index contributed by atoms with van der Waals surface area (Å²) in [4.78, 5) is 14.4. The molecule has 0 unspecified atom stereocenters. The number of rotatable bonds is 5. The molecular weight excluding hydrogens is 310 g/mol. The first-order valence-electron chi connectivity index (χ1n) is 7.92. The Balaban J connectivity index is 1.47. The van der Waals surface area contributed by atoms with Crippen molar-refractivity contribution in [2.75, 3.05) is 13.1 Å². The van der Waals surface area contributed by atoms with Gasteiger partial charge in [0, 0.05) is 31.3 Å². The molecule has 3 rings (SSSR count). The van der Waals surface area contributed by atoms with Crippen LogP contribution in [-0.2, 0) is 4.79 Å². The van der Waals surface area contributed by atoms with Crippen LogP contribution < -0.4 is 9.47 Å². The Hall–Kier alpha value is -2.01. The van der Waals surface area contributed by atoms with Gasteiger partial charge in [0.2, 0.25) is 0 Å². The van der Waals surface area contributed by atoms with Crippen LogP contribution in [-0.4, -0.2) is 36.1 Å². The topological polar surface area (TPSA) is 38.8 Å². The molecule has 1 aliphatic rings. The Bertz CT molecular complexity index is 606. The van der Waals surface area contributed by atoms with Crippen LogP contribution in [0, 0.1) is 0 Å². The average Bonchev–Trinajstić information content (AvgIpc) is 3.09. The highest BCUT2D eigenvalue weighted by Crippen LogP contribution is 2.22. The molecule has 5 heteroatoms. The number of amides is 1. The molecule has 0 N–H and O–H groups in total. The summed E-state index contributed by atoms with van der Waals surface area (Å²) < 4.78 is 11.6. The predicted molar refractivity (Wildman–Crippen MR) is 91.1 cm³/mol. The van der Waals surface area contributed by atoms with Crippen LogP contribution in [0.3, 0.4) is 0 Å². The number of thiophene rings is 1. The van der Waals surface area contributed by atoms with Gasteiger partial charge in [-0.1, -0.05) is 18.2 Å². The molecule has 1 aromatic carbocycles. The molecule has 1 aliphatic heterocycles. The lowest BCUT2D eigenvalue weighted by Gasteiger charge is -2.33. The first kappa shape index (κ1) is 15.9. The van der Waals surface area contributed by atoms with Crippen molar-refractivity contribution in [1.82, 2.24) is 4.90 Å². The zero-order valence-corrected chi connectivity index (χ0v) is 14.0. The van der Waals surface area contributed by atoms with Crippen LogP contribution in [0.15, 0.2) is 47.2 Å². The smallest absolute Gasteiger partial charge is 0.263 e. The lowest BCUT2D eigenvalue weighted by molar-refractivity contribution is -0.139. The number of likely N-dealkylation sites (tertiary alicyclic amines) is 1. The molecule has 0 saturated carbocycles. The maximum absolute atomic E-state index is 12.5. The van der Waals surface area contributed by atoms with E-state index in [1.807, 2.05) is 59.0 Å². The first-order valence-corrected chi connectivity index (χ1v) is 8.86. The second-order valence-corrected chi connectivity index (χ2v) is 6.45. The van der Waals surface area contributed by atoms with E-state index in [-0.39, 0.29) is 12.0 Å². The molecule has 4 nitrogen and oxygen atoms in total. The zero-order valence-electron chi connectivity index (χ0n) is 13.2. The standard InChI is InChI=1S/C18H21NO3S/c1-14(21-15-5-3-2-4-6-15)18(20)19-10-7-16(8-11-19)22-17-9-12-23-13-17/h2-6,9,12-14,16H,7-8,10-11H2,1H3/t14-/m1/s1. The van der Waals surface area contributed by atoms with Gasteiger partial charge in [0.25, 0.3) is 5.91 Å². The third-order valence-electron chi connectivity index (χ3n) is 3.96. The Labute approximate surface area is 140 Å². The van der Waals surface area contributed by atoms with Gasteiger partial charge >= 0.3 is 0 Å². The van der Waals surface area contributed by atoms with E-state index < -0.39 is 6.10 Å². The fourth-order valence-corrected chi connectivity index (χ4v) is 3.28. The molecule has 0 bridgehead atoms. The van der Waals surface area contributed by atoms with Gasteiger partial charge in [-0.05, 0) is 30.5 Å². The monoisotopic (exact) mass is 331 g/mol. The van der Waals surface area contributed by atoms with Crippen molar-refractivity contribution in [3.8, 4) is 11.5 Å². The van der Waals surface area contributed by atoms with Gasteiger partial charge < -0.3 is 14.4 Å². The number of benzene rings is 1. The Morgan fingerprint density at radius 3 is 2.57 bits per heavy atom. The van der Waals surface area contributed by atoms with Crippen LogP contribution in [0.25, 0.3) is 0 Å². The number of carbonyl (C=O) groups is 1. The first-order chi connectivity index (χ1) is 11.2. The number of para-hydroxylation sites is 1. The minimum atomic E-state index is -0.466. The number of hydrogen-bond donors (Lipinski definition) is 0. The minimum absolute atomic E-state index is 0.0443. The molecule has 0 spiro atoms. The molecular formula is C18H21NO3S. The second-order valence-electron chi connectivity index (χ2n) is 5.67. The van der Waals surface area contributed by atoms with Crippen molar-refractivity contribution in [2.24, 2.45) is 0 Å². The maximum atomic E-state index is 12.5. The van der Waals surface area contributed by atoms with Crippen LogP contribution in [0.5, 0.6) is 11.5 Å². The van der Waals surface area contributed by atoms with Gasteiger partial charge in [0.15, 0.2) is 6.10 Å². The van der Waals surface area contributed by atoms with Gasteiger partial charge in [-0.15, -0.1) is 11.3 Å². The molecule has 2 aromatic rings. The van der Waals surface area contributed by atoms with Crippen molar-refractivity contribution in [3.63, 3.8) is 0 Å². The Morgan fingerprint density at radius 1 is 1.17 bits per heavy atom. The molecule has 23 heavy (non-hydrogen) atoms. The highest BCUT2D eigenvalue weighted by Gasteiger charge is 2.27. The highest BCUT2D eigenvalue weighted by molar-refractivity contribution is 7.08. The van der Waals surface area contributed by atoms with Gasteiger partial charge in [-0.25, -0.2) is 0 Å². The molecule has 2 heterocycles. The maximum Gasteiger partial charge on any atom is 0.263 e. The van der Waals surface area contributed by atoms with E-state index in [0.29, 0.717) is 0 Å². The fraction of sp³-hybridized carbons (Fsp3) is 0.389. The normalized spacial score (nSPS) is 16.8. The SMILES string of the molecule is C[C@@H](Oc1ccccc1)C(=O)N1CCC(Oc2ccsc2)CC1. The van der Waals surface area contributed by atoms with Crippen molar-refractivity contribution >= 4 is 17.2 Å². The predicted octanol–water partition coefficient (Wildman–Crippen LogP) is 3.59. The van der Waals surface area contributed by atoms with E-state index >= 15 is 0 Å². The van der Waals surface area contributed by atoms with Crippen LogP contribution in [0.4, 0.5) is 0 Å². The van der Waals surface area contributed by atoms with Gasteiger partial charge in [0.05, 0.1) is 0 Å². The van der Waals surface area contributed by atoms with E-state index in [2.05, 4.69) is 0 Å². The van der Waals surface area contributed by atoms with E-state index in [4.69, 9.17) is 9.47 Å². The summed E-state index contributed by atoms with van der Waals surface area (Å²) in [7, 11) is 0. The lowest BCUT2D eigenvalue weighted by Crippen LogP contribution is -2.46. The summed E-state index contributed by atoms with van der Waals surface area (Å²) in [6, 6.07) is 11.4. The lowest BCUT2D eigenvalue weighted by atomic mass is 10.1. The quantitative estimate of drug-likeness (QED) is 0.840. The summed E-state index contributed by atoms with van der Waals surface area (Å²) >= 11 is 1.63. The number of piperidine rings is 1. The summed E-state index contributed by atoms with van der Waals surface area (Å²) in [6.07, 6.45) is 1.45. The molecule has 0 aliphatic carbocycles. The summed E-state index contributed by atoms with van der Waals surface area (Å²) in [5.74, 6) is 1.70. The second kappa shape index (κ2) is 7.51. The Kier molecular flexibility index (Phi) is 5.18. The minimum Gasteiger partial charge on any atom is -0.489 e. The molecule has 1 amide bonds. The largest absolute Gasteiger partial charge is 0.489 e. The van der Waals surface area contributed by atoms with E-state index in [1.54, 1.807) is 11.3 Å². The molecule has 1 fully saturated rings. The molecule has 1 saturated heterocycles. The van der Waals surface area contributed by atoms with Crippen molar-refractivity contribution in [2.45, 2.75) is 32.0 Å². The van der Waals surface area contributed by atoms with Gasteiger partial charge in [-0.3, -0.25) is 4.79 Å². The summed E-state index contributed by atoms with van der Waals surface area (Å²) in [5, 5.41) is 4.02. The molecule has 1 aromatic heterocycles. The zero-order chi connectivity index (χ0) is 16.1. The van der Waals surface area contributed by atoms with Crippen molar-refractivity contribution < 1.29 is 14.3 Å². The number of hydrogen-bond acceptors (Lipinski definition) is 4. The molecule has 0 radical (unpaired) electrons. The number of carbonyl (C=O) groups excluding carboxylic acids is 1. The van der Waals surface area contributed by atoms with Crippen molar-refractivity contribution in [1.29, 1.82) is 0 Å². The Morgan fingerprint density at radius 2 is 1.91 bits per heavy atom. The third-order valence-corrected chi connectivity index (χ3v) is 4.62. The van der Waals surface area contributed by atoms with Gasteiger partial charge in [0.1, 0.15) is 17.6 Å². The number of nitrogens with zero attached hydrogens (tertiary/aromatic N) is 1. The van der Waals surface area contributed by atoms with Crippen molar-refractivity contribution in [3.05, 3.63) is 47.2 Å². The van der Waals surface area contributed by atoms with E-state index in [0.717, 1.165) is 37.4 Å². The summed E-state index contributed by atoms with van der Waals surface area (Å²) in [6.45, 7) is 3.25. The van der Waals surface area contributed by atoms with Crippen LogP contribution >= 0.6 is 11.3 Å². The van der Waals surface area contributed by atoms with E-state index in [1.165, 1.54) is 0 Å². The average molecular weight is 331 g/mol. The number of ether oxygens (including phenoxy) is 2. The third kappa shape index (κ3) is 4.26. The van der Waals surface area contributed by atoms with Crippen LogP contribution in [0.2, 0.25) is 0 Å². The van der Waals surface area contributed by atoms with E-state index in [9.17, 15) is 4.79 Å². The van der Waals surface area contributed by atoms with Crippen LogP contribution in [0.1, 0.15) is 19.8 Å².